The number of hydrogen-bond acceptors (Lipinski definition) is 3. The van der Waals surface area contributed by atoms with Crippen LogP contribution in [0.5, 0.6) is 0 Å². The van der Waals surface area contributed by atoms with Gasteiger partial charge in [0.25, 0.3) is 5.56 Å². The van der Waals surface area contributed by atoms with Gasteiger partial charge in [0.1, 0.15) is 5.56 Å². The molecule has 0 spiro atoms. The molecule has 1 saturated carbocycles. The van der Waals surface area contributed by atoms with Crippen molar-refractivity contribution in [1.29, 1.82) is 0 Å². The van der Waals surface area contributed by atoms with E-state index in [1.54, 1.807) is 19.3 Å². The van der Waals surface area contributed by atoms with E-state index < -0.39 is 11.5 Å². The van der Waals surface area contributed by atoms with Crippen LogP contribution in [0.3, 0.4) is 0 Å². The van der Waals surface area contributed by atoms with Crippen molar-refractivity contribution in [3.05, 3.63) is 74.7 Å². The number of pyridine rings is 2. The van der Waals surface area contributed by atoms with Crippen molar-refractivity contribution in [3.8, 4) is 11.1 Å². The topological polar surface area (TPSA) is 71.1 Å². The number of aromatic carboxylic acids is 1. The van der Waals surface area contributed by atoms with E-state index in [-0.39, 0.29) is 5.56 Å². The second kappa shape index (κ2) is 6.75. The average molecular weight is 374 g/mol. The maximum absolute atomic E-state index is 12.7. The summed E-state index contributed by atoms with van der Waals surface area (Å²) >= 11 is 0. The van der Waals surface area contributed by atoms with Crippen molar-refractivity contribution >= 4 is 17.7 Å². The summed E-state index contributed by atoms with van der Waals surface area (Å²) in [5.41, 5.74) is 6.43. The Morgan fingerprint density at radius 2 is 1.96 bits per heavy atom. The molecule has 1 aromatic carbocycles. The molecular formula is C23H22N2O3. The zero-order chi connectivity index (χ0) is 20.0. The molecule has 0 aliphatic heterocycles. The zero-order valence-corrected chi connectivity index (χ0v) is 16.2. The number of carboxylic acids is 1. The van der Waals surface area contributed by atoms with Crippen LogP contribution in [-0.4, -0.2) is 28.7 Å². The Kier molecular flexibility index (Phi) is 4.38. The minimum atomic E-state index is -1.18. The van der Waals surface area contributed by atoms with E-state index in [0.717, 1.165) is 51.7 Å². The lowest BCUT2D eigenvalue weighted by molar-refractivity contribution is 0.0694. The van der Waals surface area contributed by atoms with Gasteiger partial charge in [0.05, 0.1) is 5.52 Å². The Hall–Kier alpha value is -3.21. The third-order valence-electron chi connectivity index (χ3n) is 5.52. The number of nitrogens with zero attached hydrogens (tertiary/aromatic N) is 2. The molecule has 0 radical (unpaired) electrons. The standard InChI is InChI=1S/C23H22N2O3/c1-13-4-5-16(10-17(13)12-24-3)18-8-9-25-21(14(18)2)19(15-6-7-15)11-20(22(25)26)23(27)28/h4-5,8-12,15H,6-7H2,1-3H3,(H,27,28). The first-order chi connectivity index (χ1) is 13.4. The van der Waals surface area contributed by atoms with Gasteiger partial charge in [-0.2, -0.15) is 0 Å². The lowest BCUT2D eigenvalue weighted by atomic mass is 9.94. The number of benzene rings is 1. The molecule has 2 aromatic heterocycles. The second-order valence-electron chi connectivity index (χ2n) is 7.43. The van der Waals surface area contributed by atoms with Gasteiger partial charge in [-0.15, -0.1) is 0 Å². The number of carboxylic acid groups (broad SMARTS) is 1. The van der Waals surface area contributed by atoms with Crippen molar-refractivity contribution in [2.75, 3.05) is 7.05 Å². The van der Waals surface area contributed by atoms with Gasteiger partial charge in [-0.05, 0) is 84.2 Å². The van der Waals surface area contributed by atoms with Gasteiger partial charge in [0, 0.05) is 19.5 Å². The maximum Gasteiger partial charge on any atom is 0.341 e. The van der Waals surface area contributed by atoms with Crippen LogP contribution in [0.1, 0.15) is 51.4 Å². The van der Waals surface area contributed by atoms with Crippen molar-refractivity contribution in [1.82, 2.24) is 4.40 Å². The highest BCUT2D eigenvalue weighted by molar-refractivity contribution is 5.90. The van der Waals surface area contributed by atoms with E-state index in [1.807, 2.05) is 26.1 Å². The summed E-state index contributed by atoms with van der Waals surface area (Å²) in [4.78, 5) is 28.4. The van der Waals surface area contributed by atoms with E-state index in [2.05, 4.69) is 23.2 Å². The van der Waals surface area contributed by atoms with Gasteiger partial charge in [-0.25, -0.2) is 4.79 Å². The van der Waals surface area contributed by atoms with Crippen LogP contribution in [0.15, 0.2) is 46.3 Å². The van der Waals surface area contributed by atoms with E-state index >= 15 is 0 Å². The third kappa shape index (κ3) is 2.93. The largest absolute Gasteiger partial charge is 0.477 e. The fourth-order valence-electron chi connectivity index (χ4n) is 3.85. The molecule has 1 aliphatic rings. The summed E-state index contributed by atoms with van der Waals surface area (Å²) in [6, 6.07) is 9.71. The van der Waals surface area contributed by atoms with Crippen LogP contribution < -0.4 is 5.56 Å². The summed E-state index contributed by atoms with van der Waals surface area (Å²) in [7, 11) is 1.75. The van der Waals surface area contributed by atoms with Gasteiger partial charge in [-0.3, -0.25) is 14.2 Å². The van der Waals surface area contributed by atoms with Gasteiger partial charge < -0.3 is 5.11 Å². The summed E-state index contributed by atoms with van der Waals surface area (Å²) < 4.78 is 1.50. The van der Waals surface area contributed by atoms with E-state index in [4.69, 9.17) is 0 Å². The van der Waals surface area contributed by atoms with Crippen molar-refractivity contribution in [3.63, 3.8) is 0 Å². The van der Waals surface area contributed by atoms with E-state index in [0.29, 0.717) is 5.92 Å². The highest BCUT2D eigenvalue weighted by atomic mass is 16.4. The Bertz CT molecular complexity index is 1200. The molecule has 142 valence electrons. The Morgan fingerprint density at radius 1 is 1.21 bits per heavy atom. The van der Waals surface area contributed by atoms with Crippen LogP contribution in [0.2, 0.25) is 0 Å². The van der Waals surface area contributed by atoms with Crippen molar-refractivity contribution in [2.24, 2.45) is 4.99 Å². The van der Waals surface area contributed by atoms with Crippen LogP contribution in [-0.2, 0) is 0 Å². The molecule has 3 aromatic rings. The van der Waals surface area contributed by atoms with Gasteiger partial charge >= 0.3 is 5.97 Å². The summed E-state index contributed by atoms with van der Waals surface area (Å²) in [6.07, 6.45) is 5.59. The molecule has 2 heterocycles. The lowest BCUT2D eigenvalue weighted by Gasteiger charge is -2.16. The van der Waals surface area contributed by atoms with Crippen LogP contribution in [0.25, 0.3) is 16.6 Å². The number of hydrogen-bond donors (Lipinski definition) is 1. The van der Waals surface area contributed by atoms with E-state index in [9.17, 15) is 14.7 Å². The molecule has 5 nitrogen and oxygen atoms in total. The SMILES string of the molecule is CN=Cc1cc(-c2ccn3c(=O)c(C(=O)O)cc(C4CC4)c3c2C)ccc1C. The zero-order valence-electron chi connectivity index (χ0n) is 16.2. The quantitative estimate of drug-likeness (QED) is 0.696. The fraction of sp³-hybridized carbons (Fsp3) is 0.261. The Labute approximate surface area is 163 Å². The number of aryl methyl sites for hydroxylation is 2. The number of aliphatic imine (C=N–C) groups is 1. The van der Waals surface area contributed by atoms with Gasteiger partial charge in [-0.1, -0.05) is 12.1 Å². The van der Waals surface area contributed by atoms with Crippen molar-refractivity contribution in [2.45, 2.75) is 32.6 Å². The highest BCUT2D eigenvalue weighted by Crippen LogP contribution is 2.43. The molecule has 0 saturated heterocycles. The molecule has 28 heavy (non-hydrogen) atoms. The normalized spacial score (nSPS) is 14.1. The molecule has 5 heteroatoms. The summed E-state index contributed by atoms with van der Waals surface area (Å²) in [5.74, 6) is -0.853. The predicted molar refractivity (Wildman–Crippen MR) is 111 cm³/mol. The van der Waals surface area contributed by atoms with Crippen LogP contribution >= 0.6 is 0 Å². The Balaban J connectivity index is 2.01. The first-order valence-corrected chi connectivity index (χ1v) is 9.37. The third-order valence-corrected chi connectivity index (χ3v) is 5.52. The fourth-order valence-corrected chi connectivity index (χ4v) is 3.85. The van der Waals surface area contributed by atoms with Crippen molar-refractivity contribution < 1.29 is 9.90 Å². The molecule has 1 aliphatic carbocycles. The number of rotatable bonds is 4. The van der Waals surface area contributed by atoms with Crippen LogP contribution in [0.4, 0.5) is 0 Å². The first-order valence-electron chi connectivity index (χ1n) is 9.37. The lowest BCUT2D eigenvalue weighted by Crippen LogP contribution is -2.23. The minimum Gasteiger partial charge on any atom is -0.477 e. The van der Waals surface area contributed by atoms with Crippen LogP contribution in [0, 0.1) is 13.8 Å². The first kappa shape index (κ1) is 18.2. The highest BCUT2D eigenvalue weighted by Gasteiger charge is 2.29. The number of fused-ring (bicyclic) bond motifs is 1. The average Bonchev–Trinajstić information content (AvgIpc) is 3.49. The molecule has 0 atom stereocenters. The maximum atomic E-state index is 12.7. The monoisotopic (exact) mass is 374 g/mol. The summed E-state index contributed by atoms with van der Waals surface area (Å²) in [5, 5.41) is 9.43. The van der Waals surface area contributed by atoms with E-state index in [1.165, 1.54) is 4.40 Å². The smallest absolute Gasteiger partial charge is 0.341 e. The second-order valence-corrected chi connectivity index (χ2v) is 7.43. The molecule has 1 N–H and O–H groups in total. The number of aromatic nitrogens is 1. The number of carbonyl (C=O) groups is 1. The molecule has 0 unspecified atom stereocenters. The Morgan fingerprint density at radius 3 is 2.61 bits per heavy atom. The minimum absolute atomic E-state index is 0.164. The molecule has 1 fully saturated rings. The molecule has 0 bridgehead atoms. The molecule has 4 rings (SSSR count). The molecule has 0 amide bonds. The van der Waals surface area contributed by atoms with Gasteiger partial charge in [0.15, 0.2) is 0 Å². The molecular weight excluding hydrogens is 352 g/mol. The van der Waals surface area contributed by atoms with Gasteiger partial charge in [0.2, 0.25) is 0 Å². The summed E-state index contributed by atoms with van der Waals surface area (Å²) in [6.45, 7) is 4.05. The predicted octanol–water partition coefficient (Wildman–Crippen LogP) is 4.21.